The van der Waals surface area contributed by atoms with Gasteiger partial charge in [-0.15, -0.1) is 0 Å². The van der Waals surface area contributed by atoms with Crippen molar-refractivity contribution in [3.8, 4) is 0 Å². The highest BCUT2D eigenvalue weighted by Gasteiger charge is 2.25. The second kappa shape index (κ2) is 5.77. The number of hydrogen-bond acceptors (Lipinski definition) is 3. The van der Waals surface area contributed by atoms with Crippen LogP contribution in [-0.4, -0.2) is 19.9 Å². The van der Waals surface area contributed by atoms with Crippen LogP contribution in [0, 0.1) is 0 Å². The van der Waals surface area contributed by atoms with Gasteiger partial charge in [-0.1, -0.05) is 30.3 Å². The lowest BCUT2D eigenvalue weighted by Gasteiger charge is -2.23. The molecule has 4 nitrogen and oxygen atoms in total. The SMILES string of the molecule is CCN(c1ccccc1)S(=O)(=O)c1cccc2cnccc12. The number of aromatic nitrogens is 1. The van der Waals surface area contributed by atoms with Gasteiger partial charge in [0.2, 0.25) is 0 Å². The molecule has 0 saturated carbocycles. The van der Waals surface area contributed by atoms with E-state index < -0.39 is 10.0 Å². The molecule has 3 aromatic rings. The number of rotatable bonds is 4. The monoisotopic (exact) mass is 312 g/mol. The molecule has 0 radical (unpaired) electrons. The molecule has 0 fully saturated rings. The van der Waals surface area contributed by atoms with Crippen LogP contribution in [0.15, 0.2) is 71.9 Å². The first-order valence-electron chi connectivity index (χ1n) is 7.05. The average molecular weight is 312 g/mol. The van der Waals surface area contributed by atoms with E-state index in [1.54, 1.807) is 42.7 Å². The predicted molar refractivity (Wildman–Crippen MR) is 88.4 cm³/mol. The van der Waals surface area contributed by atoms with E-state index in [9.17, 15) is 8.42 Å². The molecule has 0 bridgehead atoms. The summed E-state index contributed by atoms with van der Waals surface area (Å²) < 4.78 is 27.6. The van der Waals surface area contributed by atoms with Crippen molar-refractivity contribution in [1.82, 2.24) is 4.98 Å². The van der Waals surface area contributed by atoms with Gasteiger partial charge in [0.1, 0.15) is 0 Å². The molecule has 112 valence electrons. The molecule has 2 aromatic carbocycles. The third kappa shape index (κ3) is 2.44. The van der Waals surface area contributed by atoms with Crippen LogP contribution < -0.4 is 4.31 Å². The Labute approximate surface area is 130 Å². The zero-order valence-electron chi connectivity index (χ0n) is 12.2. The van der Waals surface area contributed by atoms with Crippen molar-refractivity contribution in [1.29, 1.82) is 0 Å². The van der Waals surface area contributed by atoms with Crippen molar-refractivity contribution < 1.29 is 8.42 Å². The Bertz CT molecular complexity index is 887. The number of nitrogens with zero attached hydrogens (tertiary/aromatic N) is 2. The van der Waals surface area contributed by atoms with Crippen LogP contribution in [0.25, 0.3) is 10.8 Å². The molecule has 5 heteroatoms. The first kappa shape index (κ1) is 14.5. The number of sulfonamides is 1. The molecular weight excluding hydrogens is 296 g/mol. The number of para-hydroxylation sites is 1. The highest BCUT2D eigenvalue weighted by Crippen LogP contribution is 2.28. The fraction of sp³-hybridized carbons (Fsp3) is 0.118. The first-order chi connectivity index (χ1) is 10.6. The molecule has 0 aliphatic carbocycles. The summed E-state index contributed by atoms with van der Waals surface area (Å²) in [6, 6.07) is 16.1. The van der Waals surface area contributed by atoms with Crippen molar-refractivity contribution >= 4 is 26.5 Å². The molecule has 0 saturated heterocycles. The number of anilines is 1. The molecule has 0 N–H and O–H groups in total. The number of fused-ring (bicyclic) bond motifs is 1. The van der Waals surface area contributed by atoms with Gasteiger partial charge in [-0.25, -0.2) is 8.42 Å². The fourth-order valence-electron chi connectivity index (χ4n) is 2.52. The molecule has 0 atom stereocenters. The van der Waals surface area contributed by atoms with Gasteiger partial charge in [0.15, 0.2) is 0 Å². The van der Waals surface area contributed by atoms with Gasteiger partial charge in [-0.2, -0.15) is 0 Å². The van der Waals surface area contributed by atoms with Gasteiger partial charge in [0.25, 0.3) is 10.0 Å². The summed E-state index contributed by atoms with van der Waals surface area (Å²) in [4.78, 5) is 4.35. The Kier molecular flexibility index (Phi) is 3.81. The normalized spacial score (nSPS) is 11.5. The third-order valence-electron chi connectivity index (χ3n) is 3.54. The van der Waals surface area contributed by atoms with Crippen LogP contribution in [0.4, 0.5) is 5.69 Å². The van der Waals surface area contributed by atoms with E-state index in [0.29, 0.717) is 22.5 Å². The summed E-state index contributed by atoms with van der Waals surface area (Å²) in [5.41, 5.74) is 0.663. The van der Waals surface area contributed by atoms with Crippen LogP contribution in [0.3, 0.4) is 0 Å². The molecule has 1 heterocycles. The van der Waals surface area contributed by atoms with Gasteiger partial charge < -0.3 is 0 Å². The molecule has 0 aliphatic rings. The minimum absolute atomic E-state index is 0.304. The van der Waals surface area contributed by atoms with E-state index in [-0.39, 0.29) is 0 Å². The van der Waals surface area contributed by atoms with Gasteiger partial charge in [0, 0.05) is 29.7 Å². The molecule has 1 aromatic heterocycles. The lowest BCUT2D eigenvalue weighted by atomic mass is 10.2. The Morgan fingerprint density at radius 3 is 2.50 bits per heavy atom. The zero-order chi connectivity index (χ0) is 15.6. The lowest BCUT2D eigenvalue weighted by Crippen LogP contribution is -2.30. The molecule has 0 spiro atoms. The largest absolute Gasteiger partial charge is 0.267 e. The van der Waals surface area contributed by atoms with Crippen molar-refractivity contribution in [2.45, 2.75) is 11.8 Å². The summed E-state index contributed by atoms with van der Waals surface area (Å²) in [5, 5.41) is 1.50. The molecular formula is C17H16N2O2S. The van der Waals surface area contributed by atoms with Crippen molar-refractivity contribution in [3.63, 3.8) is 0 Å². The first-order valence-corrected chi connectivity index (χ1v) is 8.49. The van der Waals surface area contributed by atoms with E-state index in [1.165, 1.54) is 4.31 Å². The maximum atomic E-state index is 13.1. The molecule has 3 rings (SSSR count). The van der Waals surface area contributed by atoms with Crippen LogP contribution in [-0.2, 0) is 10.0 Å². The second-order valence-corrected chi connectivity index (χ2v) is 6.69. The molecule has 22 heavy (non-hydrogen) atoms. The maximum absolute atomic E-state index is 13.1. The van der Waals surface area contributed by atoms with E-state index in [2.05, 4.69) is 4.98 Å². The molecule has 0 unspecified atom stereocenters. The topological polar surface area (TPSA) is 50.3 Å². The Morgan fingerprint density at radius 2 is 1.77 bits per heavy atom. The van der Waals surface area contributed by atoms with Crippen LogP contribution in [0.5, 0.6) is 0 Å². The smallest absolute Gasteiger partial charge is 0.264 e. The van der Waals surface area contributed by atoms with Crippen molar-refractivity contribution in [2.75, 3.05) is 10.8 Å². The molecule has 0 aliphatic heterocycles. The fourth-order valence-corrected chi connectivity index (χ4v) is 4.21. The van der Waals surface area contributed by atoms with Gasteiger partial charge in [-0.05, 0) is 31.2 Å². The van der Waals surface area contributed by atoms with E-state index in [1.807, 2.05) is 31.2 Å². The Morgan fingerprint density at radius 1 is 1.00 bits per heavy atom. The summed E-state index contributed by atoms with van der Waals surface area (Å²) in [5.74, 6) is 0. The summed E-state index contributed by atoms with van der Waals surface area (Å²) >= 11 is 0. The van der Waals surface area contributed by atoms with E-state index in [0.717, 1.165) is 5.39 Å². The number of pyridine rings is 1. The number of benzene rings is 2. The van der Waals surface area contributed by atoms with Crippen LogP contribution >= 0.6 is 0 Å². The van der Waals surface area contributed by atoms with Gasteiger partial charge in [-0.3, -0.25) is 9.29 Å². The van der Waals surface area contributed by atoms with Crippen molar-refractivity contribution in [2.24, 2.45) is 0 Å². The molecule has 0 amide bonds. The maximum Gasteiger partial charge on any atom is 0.264 e. The summed E-state index contributed by atoms with van der Waals surface area (Å²) in [6.45, 7) is 2.20. The Balaban J connectivity index is 2.19. The van der Waals surface area contributed by atoms with Crippen LogP contribution in [0.2, 0.25) is 0 Å². The number of hydrogen-bond donors (Lipinski definition) is 0. The predicted octanol–water partition coefficient (Wildman–Crippen LogP) is 3.45. The quantitative estimate of drug-likeness (QED) is 0.741. The minimum Gasteiger partial charge on any atom is -0.267 e. The van der Waals surface area contributed by atoms with E-state index >= 15 is 0 Å². The van der Waals surface area contributed by atoms with E-state index in [4.69, 9.17) is 0 Å². The van der Waals surface area contributed by atoms with Gasteiger partial charge in [0.05, 0.1) is 10.6 Å². The lowest BCUT2D eigenvalue weighted by molar-refractivity contribution is 0.593. The zero-order valence-corrected chi connectivity index (χ0v) is 13.0. The minimum atomic E-state index is -3.63. The highest BCUT2D eigenvalue weighted by atomic mass is 32.2. The summed E-state index contributed by atoms with van der Waals surface area (Å²) in [6.07, 6.45) is 3.29. The van der Waals surface area contributed by atoms with Gasteiger partial charge >= 0.3 is 0 Å². The average Bonchev–Trinajstić information content (AvgIpc) is 2.55. The van der Waals surface area contributed by atoms with Crippen molar-refractivity contribution in [3.05, 3.63) is 67.0 Å². The highest BCUT2D eigenvalue weighted by molar-refractivity contribution is 7.93. The summed E-state index contributed by atoms with van der Waals surface area (Å²) in [7, 11) is -3.63. The van der Waals surface area contributed by atoms with Crippen LogP contribution in [0.1, 0.15) is 6.92 Å². The standard InChI is InChI=1S/C17H16N2O2S/c1-2-19(15-8-4-3-5-9-15)22(20,21)17-10-6-7-14-13-18-12-11-16(14)17/h3-13H,2H2,1H3. The third-order valence-corrected chi connectivity index (χ3v) is 5.50. The second-order valence-electron chi connectivity index (χ2n) is 4.86. The Hall–Kier alpha value is -2.40.